The van der Waals surface area contributed by atoms with Crippen LogP contribution in [0.3, 0.4) is 0 Å². The van der Waals surface area contributed by atoms with Crippen molar-refractivity contribution in [3.63, 3.8) is 0 Å². The maximum atomic E-state index is 9.28. The van der Waals surface area contributed by atoms with E-state index in [1.807, 2.05) is 6.92 Å². The monoisotopic (exact) mass is 223 g/mol. The molecule has 3 nitrogen and oxygen atoms in total. The van der Waals surface area contributed by atoms with Crippen molar-refractivity contribution in [2.45, 2.75) is 52.1 Å². The molecule has 0 spiro atoms. The molecule has 0 aromatic heterocycles. The average Bonchev–Trinajstić information content (AvgIpc) is 2.20. The van der Waals surface area contributed by atoms with Gasteiger partial charge in [0, 0.05) is 12.6 Å². The molecular formula is C13H25N3. The van der Waals surface area contributed by atoms with Gasteiger partial charge >= 0.3 is 0 Å². The van der Waals surface area contributed by atoms with Crippen LogP contribution < -0.4 is 5.32 Å². The molecule has 0 saturated carbocycles. The Labute approximate surface area is 99.8 Å². The molecule has 1 saturated heterocycles. The maximum Gasteiger partial charge on any atom is 0.116 e. The van der Waals surface area contributed by atoms with Gasteiger partial charge in [0.2, 0.25) is 0 Å². The minimum atomic E-state index is -0.408. The van der Waals surface area contributed by atoms with Crippen LogP contribution in [-0.4, -0.2) is 36.1 Å². The minimum Gasteiger partial charge on any atom is -0.300 e. The quantitative estimate of drug-likeness (QED) is 0.792. The summed E-state index contributed by atoms with van der Waals surface area (Å²) in [4.78, 5) is 2.42. The lowest BCUT2D eigenvalue weighted by Crippen LogP contribution is -2.54. The number of piperidine rings is 1. The molecule has 1 aliphatic heterocycles. The molecule has 1 unspecified atom stereocenters. The van der Waals surface area contributed by atoms with E-state index in [0.717, 1.165) is 25.6 Å². The molecule has 0 aliphatic carbocycles. The lowest BCUT2D eigenvalue weighted by molar-refractivity contribution is 0.158. The highest BCUT2D eigenvalue weighted by Crippen LogP contribution is 2.18. The summed E-state index contributed by atoms with van der Waals surface area (Å²) < 4.78 is 0. The van der Waals surface area contributed by atoms with Crippen molar-refractivity contribution in [1.82, 2.24) is 10.2 Å². The molecule has 0 radical (unpaired) electrons. The Kier molecular flexibility index (Phi) is 4.76. The second-order valence-electron chi connectivity index (χ2n) is 5.70. The van der Waals surface area contributed by atoms with E-state index < -0.39 is 5.54 Å². The number of hydrogen-bond acceptors (Lipinski definition) is 3. The second-order valence-corrected chi connectivity index (χ2v) is 5.70. The molecule has 16 heavy (non-hydrogen) atoms. The van der Waals surface area contributed by atoms with Crippen molar-refractivity contribution in [3.8, 4) is 6.07 Å². The number of likely N-dealkylation sites (tertiary alicyclic amines) is 1. The third kappa shape index (κ3) is 4.11. The van der Waals surface area contributed by atoms with Gasteiger partial charge in [-0.25, -0.2) is 0 Å². The third-order valence-electron chi connectivity index (χ3n) is 3.27. The predicted octanol–water partition coefficient (Wildman–Crippen LogP) is 2.00. The van der Waals surface area contributed by atoms with Gasteiger partial charge < -0.3 is 4.90 Å². The van der Waals surface area contributed by atoms with E-state index in [4.69, 9.17) is 0 Å². The summed E-state index contributed by atoms with van der Waals surface area (Å²) in [6, 6.07) is 2.77. The molecule has 1 rings (SSSR count). The van der Waals surface area contributed by atoms with E-state index in [2.05, 4.69) is 37.1 Å². The molecule has 1 atom stereocenters. The summed E-state index contributed by atoms with van der Waals surface area (Å²) in [5.41, 5.74) is -0.408. The first-order chi connectivity index (χ1) is 7.45. The molecule has 1 heterocycles. The van der Waals surface area contributed by atoms with Crippen LogP contribution in [0.5, 0.6) is 0 Å². The Balaban J connectivity index is 2.47. The van der Waals surface area contributed by atoms with Gasteiger partial charge in [0.05, 0.1) is 6.07 Å². The fraction of sp³-hybridized carbons (Fsp3) is 0.923. The Morgan fingerprint density at radius 2 is 2.00 bits per heavy atom. The number of nitrogens with one attached hydrogen (secondary N) is 1. The second kappa shape index (κ2) is 5.65. The maximum absolute atomic E-state index is 9.28. The molecular weight excluding hydrogens is 198 g/mol. The SMILES string of the molecule is CC1CCN(CC(C)(C#N)NC(C)C)CC1. The first-order valence-electron chi connectivity index (χ1n) is 6.36. The third-order valence-corrected chi connectivity index (χ3v) is 3.27. The Bertz CT molecular complexity index is 248. The molecule has 0 aromatic carbocycles. The smallest absolute Gasteiger partial charge is 0.116 e. The highest BCUT2D eigenvalue weighted by molar-refractivity contribution is 5.06. The van der Waals surface area contributed by atoms with Crippen LogP contribution in [0, 0.1) is 17.2 Å². The summed E-state index contributed by atoms with van der Waals surface area (Å²) in [5, 5.41) is 12.6. The van der Waals surface area contributed by atoms with Gasteiger partial charge in [-0.15, -0.1) is 0 Å². The van der Waals surface area contributed by atoms with Crippen molar-refractivity contribution < 1.29 is 0 Å². The predicted molar refractivity (Wildman–Crippen MR) is 67.1 cm³/mol. The topological polar surface area (TPSA) is 39.1 Å². The van der Waals surface area contributed by atoms with Gasteiger partial charge in [0.1, 0.15) is 5.54 Å². The van der Waals surface area contributed by atoms with Crippen LogP contribution in [0.25, 0.3) is 0 Å². The molecule has 1 aliphatic rings. The first-order valence-corrected chi connectivity index (χ1v) is 6.36. The zero-order valence-electron chi connectivity index (χ0n) is 11.1. The van der Waals surface area contributed by atoms with Gasteiger partial charge in [-0.05, 0) is 52.6 Å². The van der Waals surface area contributed by atoms with Gasteiger partial charge in [0.25, 0.3) is 0 Å². The Morgan fingerprint density at radius 3 is 2.44 bits per heavy atom. The zero-order chi connectivity index (χ0) is 12.2. The van der Waals surface area contributed by atoms with E-state index in [1.54, 1.807) is 0 Å². The molecule has 92 valence electrons. The highest BCUT2D eigenvalue weighted by atomic mass is 15.2. The number of nitrogens with zero attached hydrogens (tertiary/aromatic N) is 2. The summed E-state index contributed by atoms with van der Waals surface area (Å²) in [7, 11) is 0. The molecule has 3 heteroatoms. The summed E-state index contributed by atoms with van der Waals surface area (Å²) in [5.74, 6) is 0.850. The average molecular weight is 223 g/mol. The molecule has 0 aromatic rings. The zero-order valence-corrected chi connectivity index (χ0v) is 11.1. The number of nitriles is 1. The first kappa shape index (κ1) is 13.5. The van der Waals surface area contributed by atoms with E-state index in [0.29, 0.717) is 6.04 Å². The van der Waals surface area contributed by atoms with E-state index in [9.17, 15) is 5.26 Å². The van der Waals surface area contributed by atoms with Crippen molar-refractivity contribution in [3.05, 3.63) is 0 Å². The van der Waals surface area contributed by atoms with Gasteiger partial charge in [-0.2, -0.15) is 5.26 Å². The van der Waals surface area contributed by atoms with Gasteiger partial charge in [0.15, 0.2) is 0 Å². The van der Waals surface area contributed by atoms with Crippen molar-refractivity contribution >= 4 is 0 Å². The molecule has 1 fully saturated rings. The van der Waals surface area contributed by atoms with Crippen LogP contribution in [-0.2, 0) is 0 Å². The minimum absolute atomic E-state index is 0.355. The van der Waals surface area contributed by atoms with Crippen molar-refractivity contribution in [2.24, 2.45) is 5.92 Å². The standard InChI is InChI=1S/C13H25N3/c1-11(2)15-13(4,9-14)10-16-7-5-12(3)6-8-16/h11-12,15H,5-8,10H2,1-4H3. The number of rotatable bonds is 4. The highest BCUT2D eigenvalue weighted by Gasteiger charge is 2.28. The lowest BCUT2D eigenvalue weighted by atomic mass is 9.96. The summed E-state index contributed by atoms with van der Waals surface area (Å²) in [6.07, 6.45) is 2.53. The fourth-order valence-corrected chi connectivity index (χ4v) is 2.42. The summed E-state index contributed by atoms with van der Waals surface area (Å²) >= 11 is 0. The summed E-state index contributed by atoms with van der Waals surface area (Å²) in [6.45, 7) is 11.6. The van der Waals surface area contributed by atoms with Crippen LogP contribution in [0.1, 0.15) is 40.5 Å². The van der Waals surface area contributed by atoms with E-state index in [1.165, 1.54) is 12.8 Å². The normalized spacial score (nSPS) is 23.0. The van der Waals surface area contributed by atoms with E-state index in [-0.39, 0.29) is 0 Å². The van der Waals surface area contributed by atoms with Gasteiger partial charge in [-0.3, -0.25) is 5.32 Å². The molecule has 0 amide bonds. The van der Waals surface area contributed by atoms with Crippen molar-refractivity contribution in [2.75, 3.05) is 19.6 Å². The van der Waals surface area contributed by atoms with E-state index >= 15 is 0 Å². The number of hydrogen-bond donors (Lipinski definition) is 1. The van der Waals surface area contributed by atoms with Crippen LogP contribution in [0.4, 0.5) is 0 Å². The largest absolute Gasteiger partial charge is 0.300 e. The van der Waals surface area contributed by atoms with Crippen LogP contribution >= 0.6 is 0 Å². The fourth-order valence-electron chi connectivity index (χ4n) is 2.42. The molecule has 0 bridgehead atoms. The van der Waals surface area contributed by atoms with Gasteiger partial charge in [-0.1, -0.05) is 6.92 Å². The van der Waals surface area contributed by atoms with Crippen molar-refractivity contribution in [1.29, 1.82) is 5.26 Å². The lowest BCUT2D eigenvalue weighted by Gasteiger charge is -2.36. The Morgan fingerprint density at radius 1 is 1.44 bits per heavy atom. The Hall–Kier alpha value is -0.590. The molecule has 1 N–H and O–H groups in total. The van der Waals surface area contributed by atoms with Crippen LogP contribution in [0.2, 0.25) is 0 Å². The van der Waals surface area contributed by atoms with Crippen LogP contribution in [0.15, 0.2) is 0 Å².